The van der Waals surface area contributed by atoms with Crippen molar-refractivity contribution in [3.63, 3.8) is 0 Å². The van der Waals surface area contributed by atoms with Crippen LogP contribution in [-0.4, -0.2) is 32.5 Å². The fourth-order valence-corrected chi connectivity index (χ4v) is 0.536. The Balaban J connectivity index is 3.06. The van der Waals surface area contributed by atoms with Gasteiger partial charge in [-0.2, -0.15) is 13.2 Å². The van der Waals surface area contributed by atoms with Crippen LogP contribution in [0.1, 0.15) is 0 Å². The molecule has 5 heteroatoms. The Morgan fingerprint density at radius 1 is 1.42 bits per heavy atom. The summed E-state index contributed by atoms with van der Waals surface area (Å²) in [5, 5.41) is 2.81. The second-order valence-corrected chi connectivity index (χ2v) is 2.16. The van der Waals surface area contributed by atoms with Crippen molar-refractivity contribution < 1.29 is 17.9 Å². The van der Waals surface area contributed by atoms with Crippen molar-refractivity contribution in [3.8, 4) is 0 Å². The molecule has 0 aliphatic carbocycles. The van der Waals surface area contributed by atoms with Crippen LogP contribution in [0.25, 0.3) is 0 Å². The third-order valence-electron chi connectivity index (χ3n) is 0.978. The van der Waals surface area contributed by atoms with Crippen LogP contribution >= 0.6 is 0 Å². The van der Waals surface area contributed by atoms with Gasteiger partial charge in [-0.05, 0) is 0 Å². The van der Waals surface area contributed by atoms with E-state index in [-0.39, 0.29) is 6.61 Å². The van der Waals surface area contributed by atoms with Crippen LogP contribution in [0.4, 0.5) is 13.2 Å². The van der Waals surface area contributed by atoms with Gasteiger partial charge in [0.15, 0.2) is 0 Å². The average molecular weight is 183 g/mol. The number of rotatable bonds is 6. The van der Waals surface area contributed by atoms with Crippen molar-refractivity contribution in [1.29, 1.82) is 0 Å². The molecular formula is C7H12F3NO. The first kappa shape index (κ1) is 11.4. The summed E-state index contributed by atoms with van der Waals surface area (Å²) in [6.07, 6.45) is -2.60. The van der Waals surface area contributed by atoms with E-state index >= 15 is 0 Å². The molecule has 0 aromatic heterocycles. The summed E-state index contributed by atoms with van der Waals surface area (Å²) in [7, 11) is 0. The van der Waals surface area contributed by atoms with Crippen LogP contribution in [-0.2, 0) is 4.74 Å². The van der Waals surface area contributed by atoms with Gasteiger partial charge in [0.05, 0.1) is 6.61 Å². The molecule has 0 bridgehead atoms. The second kappa shape index (κ2) is 6.02. The standard InChI is InChI=1S/C7H12F3NO/c1-2-3-11-4-5-12-6-7(8,9)10/h2,11H,1,3-6H2. The molecule has 0 aromatic carbocycles. The zero-order valence-corrected chi connectivity index (χ0v) is 6.66. The van der Waals surface area contributed by atoms with Crippen molar-refractivity contribution in [2.75, 3.05) is 26.3 Å². The first-order valence-corrected chi connectivity index (χ1v) is 3.52. The maximum absolute atomic E-state index is 11.5. The summed E-state index contributed by atoms with van der Waals surface area (Å²) in [6, 6.07) is 0. The predicted octanol–water partition coefficient (Wildman–Crippen LogP) is 1.34. The number of ether oxygens (including phenoxy) is 1. The van der Waals surface area contributed by atoms with Crippen LogP contribution in [0.5, 0.6) is 0 Å². The molecular weight excluding hydrogens is 171 g/mol. The van der Waals surface area contributed by atoms with E-state index in [1.807, 2.05) is 0 Å². The molecule has 0 atom stereocenters. The molecule has 12 heavy (non-hydrogen) atoms. The minimum atomic E-state index is -4.22. The largest absolute Gasteiger partial charge is 0.411 e. The number of hydrogen-bond acceptors (Lipinski definition) is 2. The van der Waals surface area contributed by atoms with Crippen LogP contribution in [0, 0.1) is 0 Å². The molecule has 0 aliphatic rings. The topological polar surface area (TPSA) is 21.3 Å². The minimum absolute atomic E-state index is 0.0628. The SMILES string of the molecule is C=CCNCCOCC(F)(F)F. The summed E-state index contributed by atoms with van der Waals surface area (Å²) < 4.78 is 38.7. The van der Waals surface area contributed by atoms with Gasteiger partial charge in [-0.15, -0.1) is 6.58 Å². The first-order chi connectivity index (χ1) is 5.56. The summed E-state index contributed by atoms with van der Waals surface area (Å²) >= 11 is 0. The Labute approximate surface area is 69.4 Å². The second-order valence-electron chi connectivity index (χ2n) is 2.16. The quantitative estimate of drug-likeness (QED) is 0.495. The van der Waals surface area contributed by atoms with Gasteiger partial charge < -0.3 is 10.1 Å². The molecule has 0 saturated heterocycles. The van der Waals surface area contributed by atoms with E-state index in [1.165, 1.54) is 0 Å². The molecule has 0 aliphatic heterocycles. The summed E-state index contributed by atoms with van der Waals surface area (Å²) in [4.78, 5) is 0. The highest BCUT2D eigenvalue weighted by Crippen LogP contribution is 2.13. The lowest BCUT2D eigenvalue weighted by Crippen LogP contribution is -2.23. The van der Waals surface area contributed by atoms with E-state index in [2.05, 4.69) is 16.6 Å². The molecule has 0 heterocycles. The smallest absolute Gasteiger partial charge is 0.371 e. The fraction of sp³-hybridized carbons (Fsp3) is 0.714. The molecule has 2 nitrogen and oxygen atoms in total. The highest BCUT2D eigenvalue weighted by atomic mass is 19.4. The lowest BCUT2D eigenvalue weighted by molar-refractivity contribution is -0.173. The third-order valence-corrected chi connectivity index (χ3v) is 0.978. The minimum Gasteiger partial charge on any atom is -0.371 e. The van der Waals surface area contributed by atoms with E-state index in [9.17, 15) is 13.2 Å². The van der Waals surface area contributed by atoms with Crippen molar-refractivity contribution in [3.05, 3.63) is 12.7 Å². The van der Waals surface area contributed by atoms with Gasteiger partial charge in [-0.3, -0.25) is 0 Å². The molecule has 72 valence electrons. The van der Waals surface area contributed by atoms with Crippen LogP contribution in [0.2, 0.25) is 0 Å². The van der Waals surface area contributed by atoms with Crippen molar-refractivity contribution >= 4 is 0 Å². The number of halogens is 3. The van der Waals surface area contributed by atoms with Crippen molar-refractivity contribution in [2.45, 2.75) is 6.18 Å². The molecule has 0 radical (unpaired) electrons. The van der Waals surface area contributed by atoms with Crippen LogP contribution in [0.15, 0.2) is 12.7 Å². The van der Waals surface area contributed by atoms with E-state index in [0.717, 1.165) is 0 Å². The maximum atomic E-state index is 11.5. The van der Waals surface area contributed by atoms with Gasteiger partial charge in [0, 0.05) is 13.1 Å². The van der Waals surface area contributed by atoms with Crippen LogP contribution < -0.4 is 5.32 Å². The lowest BCUT2D eigenvalue weighted by Gasteiger charge is -2.07. The number of hydrogen-bond donors (Lipinski definition) is 1. The Hall–Kier alpha value is -0.550. The number of alkyl halides is 3. The average Bonchev–Trinajstić information content (AvgIpc) is 1.94. The summed E-state index contributed by atoms with van der Waals surface area (Å²) in [5.74, 6) is 0. The van der Waals surface area contributed by atoms with E-state index in [1.54, 1.807) is 6.08 Å². The molecule has 0 amide bonds. The van der Waals surface area contributed by atoms with Gasteiger partial charge in [-0.25, -0.2) is 0 Å². The Morgan fingerprint density at radius 2 is 2.08 bits per heavy atom. The van der Waals surface area contributed by atoms with E-state index in [4.69, 9.17) is 0 Å². The molecule has 0 rings (SSSR count). The van der Waals surface area contributed by atoms with Crippen LogP contribution in [0.3, 0.4) is 0 Å². The van der Waals surface area contributed by atoms with Crippen molar-refractivity contribution in [2.24, 2.45) is 0 Å². The zero-order chi connectivity index (χ0) is 9.45. The maximum Gasteiger partial charge on any atom is 0.411 e. The fourth-order valence-electron chi connectivity index (χ4n) is 0.536. The highest BCUT2D eigenvalue weighted by molar-refractivity contribution is 4.68. The number of nitrogens with one attached hydrogen (secondary N) is 1. The third kappa shape index (κ3) is 9.45. The molecule has 1 N–H and O–H groups in total. The normalized spacial score (nSPS) is 11.6. The monoisotopic (exact) mass is 183 g/mol. The van der Waals surface area contributed by atoms with Crippen molar-refractivity contribution in [1.82, 2.24) is 5.32 Å². The van der Waals surface area contributed by atoms with E-state index < -0.39 is 12.8 Å². The zero-order valence-electron chi connectivity index (χ0n) is 6.66. The molecule has 0 spiro atoms. The molecule has 0 fully saturated rings. The van der Waals surface area contributed by atoms with Gasteiger partial charge in [-0.1, -0.05) is 6.08 Å². The van der Waals surface area contributed by atoms with Gasteiger partial charge in [0.25, 0.3) is 0 Å². The first-order valence-electron chi connectivity index (χ1n) is 3.52. The molecule has 0 aromatic rings. The summed E-state index contributed by atoms with van der Waals surface area (Å²) in [5.41, 5.74) is 0. The Bertz CT molecular complexity index is 124. The highest BCUT2D eigenvalue weighted by Gasteiger charge is 2.26. The van der Waals surface area contributed by atoms with Gasteiger partial charge in [0.1, 0.15) is 6.61 Å². The summed E-state index contributed by atoms with van der Waals surface area (Å²) in [6.45, 7) is 3.30. The lowest BCUT2D eigenvalue weighted by atomic mass is 10.6. The van der Waals surface area contributed by atoms with E-state index in [0.29, 0.717) is 13.1 Å². The Kier molecular flexibility index (Phi) is 5.74. The Morgan fingerprint density at radius 3 is 2.58 bits per heavy atom. The molecule has 0 saturated carbocycles. The molecule has 0 unspecified atom stereocenters. The van der Waals surface area contributed by atoms with Gasteiger partial charge >= 0.3 is 6.18 Å². The van der Waals surface area contributed by atoms with Gasteiger partial charge in [0.2, 0.25) is 0 Å². The predicted molar refractivity (Wildman–Crippen MR) is 39.9 cm³/mol.